The van der Waals surface area contributed by atoms with E-state index < -0.39 is 17.6 Å². The van der Waals surface area contributed by atoms with Crippen molar-refractivity contribution in [3.8, 4) is 0 Å². The molecule has 0 unspecified atom stereocenters. The Morgan fingerprint density at radius 1 is 1.11 bits per heavy atom. The lowest BCUT2D eigenvalue weighted by atomic mass is 10.2. The molecule has 0 saturated carbocycles. The van der Waals surface area contributed by atoms with Crippen LogP contribution in [0.5, 0.6) is 0 Å². The molecule has 19 heavy (non-hydrogen) atoms. The Hall–Kier alpha value is -2.05. The lowest BCUT2D eigenvalue weighted by Gasteiger charge is -2.09. The molecule has 0 aromatic heterocycles. The highest BCUT2D eigenvalue weighted by atomic mass is 19.4. The highest BCUT2D eigenvalue weighted by Gasteiger charge is 2.29. The monoisotopic (exact) mass is 274 g/mol. The molecule has 0 heterocycles. The number of anilines is 1. The van der Waals surface area contributed by atoms with Gasteiger partial charge < -0.3 is 10.6 Å². The van der Waals surface area contributed by atoms with Gasteiger partial charge in [-0.15, -0.1) is 0 Å². The lowest BCUT2D eigenvalue weighted by molar-refractivity contribution is -0.137. The molecule has 0 radical (unpaired) electrons. The van der Waals surface area contributed by atoms with E-state index in [4.69, 9.17) is 0 Å². The van der Waals surface area contributed by atoms with E-state index in [1.807, 2.05) is 0 Å². The molecule has 104 valence electrons. The van der Waals surface area contributed by atoms with Gasteiger partial charge in [0, 0.05) is 12.1 Å². The maximum Gasteiger partial charge on any atom is 0.416 e. The summed E-state index contributed by atoms with van der Waals surface area (Å²) >= 11 is 0. The van der Waals surface area contributed by atoms with Gasteiger partial charge in [-0.25, -0.2) is 0 Å². The van der Waals surface area contributed by atoms with Crippen LogP contribution in [0.1, 0.15) is 18.9 Å². The van der Waals surface area contributed by atoms with Gasteiger partial charge in [-0.1, -0.05) is 6.92 Å². The molecule has 0 saturated heterocycles. The summed E-state index contributed by atoms with van der Waals surface area (Å²) in [4.78, 5) is 22.3. The van der Waals surface area contributed by atoms with Crippen molar-refractivity contribution in [3.05, 3.63) is 29.8 Å². The summed E-state index contributed by atoms with van der Waals surface area (Å²) in [6.45, 7) is 1.43. The number of halogens is 3. The zero-order valence-corrected chi connectivity index (χ0v) is 10.2. The Kier molecular flexibility index (Phi) is 4.91. The van der Waals surface area contributed by atoms with Crippen LogP contribution < -0.4 is 10.6 Å². The molecule has 0 atom stereocenters. The van der Waals surface area contributed by atoms with Crippen LogP contribution in [0.15, 0.2) is 24.3 Å². The third kappa shape index (κ3) is 4.99. The standard InChI is InChI=1S/C12H13F3N2O2/c1-2-10(18)16-7-11(19)17-9-5-3-8(4-6-9)12(13,14)15/h3-6H,2,7H2,1H3,(H,16,18)(H,17,19). The zero-order chi connectivity index (χ0) is 14.5. The molecule has 2 amide bonds. The second kappa shape index (κ2) is 6.21. The van der Waals surface area contributed by atoms with Crippen molar-refractivity contribution in [3.63, 3.8) is 0 Å². The predicted octanol–water partition coefficient (Wildman–Crippen LogP) is 2.17. The Bertz CT molecular complexity index is 455. The van der Waals surface area contributed by atoms with E-state index in [9.17, 15) is 22.8 Å². The van der Waals surface area contributed by atoms with Crippen molar-refractivity contribution in [2.75, 3.05) is 11.9 Å². The summed E-state index contributed by atoms with van der Waals surface area (Å²) in [5.41, 5.74) is -0.548. The SMILES string of the molecule is CCC(=O)NCC(=O)Nc1ccc(C(F)(F)F)cc1. The van der Waals surface area contributed by atoms with Gasteiger partial charge >= 0.3 is 6.18 Å². The van der Waals surface area contributed by atoms with Crippen molar-refractivity contribution in [2.24, 2.45) is 0 Å². The average molecular weight is 274 g/mol. The molecule has 7 heteroatoms. The van der Waals surface area contributed by atoms with Gasteiger partial charge in [-0.2, -0.15) is 13.2 Å². The van der Waals surface area contributed by atoms with Crippen LogP contribution in [0.25, 0.3) is 0 Å². The van der Waals surface area contributed by atoms with Gasteiger partial charge in [-0.3, -0.25) is 9.59 Å². The predicted molar refractivity (Wildman–Crippen MR) is 63.4 cm³/mol. The molecular formula is C12H13F3N2O2. The van der Waals surface area contributed by atoms with Crippen LogP contribution >= 0.6 is 0 Å². The van der Waals surface area contributed by atoms with Crippen LogP contribution in [-0.4, -0.2) is 18.4 Å². The average Bonchev–Trinajstić information content (AvgIpc) is 2.35. The Balaban J connectivity index is 2.54. The zero-order valence-electron chi connectivity index (χ0n) is 10.2. The van der Waals surface area contributed by atoms with Gasteiger partial charge in [0.25, 0.3) is 0 Å². The third-order valence-corrected chi connectivity index (χ3v) is 2.26. The number of benzene rings is 1. The third-order valence-electron chi connectivity index (χ3n) is 2.26. The van der Waals surface area contributed by atoms with E-state index in [2.05, 4.69) is 10.6 Å². The van der Waals surface area contributed by atoms with Gasteiger partial charge in [0.2, 0.25) is 11.8 Å². The first-order valence-corrected chi connectivity index (χ1v) is 5.56. The van der Waals surface area contributed by atoms with Crippen molar-refractivity contribution in [1.29, 1.82) is 0 Å². The minimum atomic E-state index is -4.41. The number of rotatable bonds is 4. The van der Waals surface area contributed by atoms with Crippen molar-refractivity contribution in [1.82, 2.24) is 5.32 Å². The normalized spacial score (nSPS) is 10.9. The van der Waals surface area contributed by atoms with Gasteiger partial charge in [-0.05, 0) is 24.3 Å². The van der Waals surface area contributed by atoms with Crippen LogP contribution in [0.4, 0.5) is 18.9 Å². The van der Waals surface area contributed by atoms with E-state index >= 15 is 0 Å². The minimum absolute atomic E-state index is 0.215. The summed E-state index contributed by atoms with van der Waals surface area (Å²) < 4.78 is 36.9. The first kappa shape index (κ1) is 15.0. The Morgan fingerprint density at radius 3 is 2.16 bits per heavy atom. The molecule has 0 aliphatic rings. The summed E-state index contributed by atoms with van der Waals surface area (Å²) in [7, 11) is 0. The van der Waals surface area contributed by atoms with E-state index in [0.29, 0.717) is 0 Å². The Labute approximate surface area is 108 Å². The maximum absolute atomic E-state index is 12.3. The molecule has 1 rings (SSSR count). The highest BCUT2D eigenvalue weighted by molar-refractivity contribution is 5.94. The minimum Gasteiger partial charge on any atom is -0.347 e. The lowest BCUT2D eigenvalue weighted by Crippen LogP contribution is -2.32. The molecule has 2 N–H and O–H groups in total. The molecule has 0 fully saturated rings. The number of carbonyl (C=O) groups excluding carboxylic acids is 2. The summed E-state index contributed by atoms with van der Waals surface area (Å²) in [5, 5.41) is 4.74. The number of alkyl halides is 3. The first-order chi connectivity index (χ1) is 8.82. The van der Waals surface area contributed by atoms with E-state index in [1.165, 1.54) is 0 Å². The van der Waals surface area contributed by atoms with Crippen LogP contribution in [0.2, 0.25) is 0 Å². The number of amides is 2. The van der Waals surface area contributed by atoms with Gasteiger partial charge in [0.1, 0.15) is 0 Å². The maximum atomic E-state index is 12.3. The summed E-state index contributed by atoms with van der Waals surface area (Å²) in [5.74, 6) is -0.774. The number of carbonyl (C=O) groups is 2. The summed E-state index contributed by atoms with van der Waals surface area (Å²) in [6, 6.07) is 4.06. The molecular weight excluding hydrogens is 261 g/mol. The Morgan fingerprint density at radius 2 is 1.68 bits per heavy atom. The fourth-order valence-electron chi connectivity index (χ4n) is 1.25. The number of hydrogen-bond donors (Lipinski definition) is 2. The fourth-order valence-corrected chi connectivity index (χ4v) is 1.25. The molecule has 0 aliphatic heterocycles. The van der Waals surface area contributed by atoms with E-state index in [0.717, 1.165) is 24.3 Å². The van der Waals surface area contributed by atoms with Crippen LogP contribution in [0.3, 0.4) is 0 Å². The number of nitrogens with one attached hydrogen (secondary N) is 2. The van der Waals surface area contributed by atoms with Gasteiger partial charge in [0.15, 0.2) is 0 Å². The van der Waals surface area contributed by atoms with Crippen molar-refractivity contribution >= 4 is 17.5 Å². The smallest absolute Gasteiger partial charge is 0.347 e. The first-order valence-electron chi connectivity index (χ1n) is 5.56. The van der Waals surface area contributed by atoms with E-state index in [-0.39, 0.29) is 24.6 Å². The highest BCUT2D eigenvalue weighted by Crippen LogP contribution is 2.29. The van der Waals surface area contributed by atoms with Crippen LogP contribution in [-0.2, 0) is 15.8 Å². The van der Waals surface area contributed by atoms with Gasteiger partial charge in [0.05, 0.1) is 12.1 Å². The fraction of sp³-hybridized carbons (Fsp3) is 0.333. The van der Waals surface area contributed by atoms with E-state index in [1.54, 1.807) is 6.92 Å². The quantitative estimate of drug-likeness (QED) is 0.884. The van der Waals surface area contributed by atoms with Crippen molar-refractivity contribution in [2.45, 2.75) is 19.5 Å². The molecule has 1 aromatic carbocycles. The summed E-state index contributed by atoms with van der Waals surface area (Å²) in [6.07, 6.45) is -4.15. The molecule has 0 aliphatic carbocycles. The topological polar surface area (TPSA) is 58.2 Å². The molecule has 4 nitrogen and oxygen atoms in total. The second-order valence-electron chi connectivity index (χ2n) is 3.75. The van der Waals surface area contributed by atoms with Crippen molar-refractivity contribution < 1.29 is 22.8 Å². The molecule has 0 spiro atoms. The molecule has 1 aromatic rings. The largest absolute Gasteiger partial charge is 0.416 e. The second-order valence-corrected chi connectivity index (χ2v) is 3.75. The van der Waals surface area contributed by atoms with Crippen LogP contribution in [0, 0.1) is 0 Å². The molecule has 0 bridgehead atoms. The number of hydrogen-bond acceptors (Lipinski definition) is 2.